The van der Waals surface area contributed by atoms with Crippen LogP contribution >= 0.6 is 0 Å². The lowest BCUT2D eigenvalue weighted by Gasteiger charge is -2.43. The Labute approximate surface area is 261 Å². The number of rotatable bonds is 8. The zero-order valence-electron chi connectivity index (χ0n) is 27.7. The van der Waals surface area contributed by atoms with E-state index in [2.05, 4.69) is 9.72 Å². The molecule has 0 saturated carbocycles. The maximum atomic E-state index is 13.6. The first-order valence-electron chi connectivity index (χ1n) is 14.4. The fourth-order valence-electron chi connectivity index (χ4n) is 4.48. The van der Waals surface area contributed by atoms with Gasteiger partial charge in [0.05, 0.1) is 25.8 Å². The van der Waals surface area contributed by atoms with Crippen LogP contribution in [0.25, 0.3) is 0 Å². The van der Waals surface area contributed by atoms with Crippen LogP contribution in [-0.4, -0.2) is 77.8 Å². The van der Waals surface area contributed by atoms with Crippen molar-refractivity contribution >= 4 is 38.4 Å². The van der Waals surface area contributed by atoms with Crippen LogP contribution in [0, 0.1) is 12.3 Å². The molecule has 4 atom stereocenters. The van der Waals surface area contributed by atoms with E-state index < -0.39 is 85.0 Å². The van der Waals surface area contributed by atoms with Gasteiger partial charge in [0, 0.05) is 11.8 Å². The summed E-state index contributed by atoms with van der Waals surface area (Å²) in [6.07, 6.45) is -1.91. The summed E-state index contributed by atoms with van der Waals surface area (Å²) < 4.78 is 58.8. The summed E-state index contributed by atoms with van der Waals surface area (Å²) in [4.78, 5) is 39.2. The minimum absolute atomic E-state index is 0.177. The van der Waals surface area contributed by atoms with Gasteiger partial charge in [-0.3, -0.25) is 19.1 Å². The van der Waals surface area contributed by atoms with Crippen molar-refractivity contribution in [3.8, 4) is 0 Å². The molecule has 0 radical (unpaired) electrons. The molecule has 0 aromatic carbocycles. The van der Waals surface area contributed by atoms with E-state index in [0.29, 0.717) is 0 Å². The maximum absolute atomic E-state index is 13.6. The van der Waals surface area contributed by atoms with Gasteiger partial charge in [0.15, 0.2) is 28.5 Å². The first kappa shape index (κ1) is 36.3. The van der Waals surface area contributed by atoms with E-state index in [1.807, 2.05) is 67.7 Å². The summed E-state index contributed by atoms with van der Waals surface area (Å²) in [5.41, 5.74) is -3.75. The molecule has 2 saturated heterocycles. The van der Waals surface area contributed by atoms with Gasteiger partial charge in [-0.25, -0.2) is 8.98 Å². The number of aromatic amines is 1. The molecular formula is C28H47N3O10SSi2. The van der Waals surface area contributed by atoms with Crippen molar-refractivity contribution in [1.82, 2.24) is 9.55 Å². The number of carbonyl (C=O) groups excluding carboxylic acids is 1. The molecule has 0 aliphatic carbocycles. The highest BCUT2D eigenvalue weighted by Gasteiger charge is 2.70. The quantitative estimate of drug-likeness (QED) is 0.235. The average molecular weight is 674 g/mol. The molecule has 1 aromatic rings. The molecule has 1 spiro atoms. The SMILES string of the molecule is COC(=O)C/C=C1\C(=N)C2(OS1(=O)=O)C(CO[Si](C)(C)C(C)(C)C)OC(n1cc(C)c(=O)[nH]c1=O)C2O[Si](C)(C)C(C)(C)C. The molecule has 3 heterocycles. The lowest BCUT2D eigenvalue weighted by atomic mass is 9.86. The molecule has 0 amide bonds. The fourth-order valence-corrected chi connectivity index (χ4v) is 8.20. The van der Waals surface area contributed by atoms with Crippen LogP contribution in [0.1, 0.15) is 59.8 Å². The van der Waals surface area contributed by atoms with Crippen molar-refractivity contribution in [3.05, 3.63) is 43.6 Å². The van der Waals surface area contributed by atoms with Crippen LogP contribution in [0.4, 0.5) is 0 Å². The van der Waals surface area contributed by atoms with Gasteiger partial charge < -0.3 is 23.7 Å². The predicted octanol–water partition coefficient (Wildman–Crippen LogP) is 3.72. The van der Waals surface area contributed by atoms with Crippen molar-refractivity contribution in [2.75, 3.05) is 13.7 Å². The van der Waals surface area contributed by atoms with E-state index in [1.54, 1.807) is 0 Å². The highest BCUT2D eigenvalue weighted by Crippen LogP contribution is 2.52. The van der Waals surface area contributed by atoms with Crippen molar-refractivity contribution < 1.29 is 35.7 Å². The van der Waals surface area contributed by atoms with Crippen LogP contribution in [0.15, 0.2) is 26.8 Å². The zero-order valence-corrected chi connectivity index (χ0v) is 30.6. The Morgan fingerprint density at radius 3 is 2.20 bits per heavy atom. The molecule has 248 valence electrons. The largest absolute Gasteiger partial charge is 0.469 e. The molecule has 2 aliphatic rings. The third-order valence-electron chi connectivity index (χ3n) is 9.35. The molecule has 44 heavy (non-hydrogen) atoms. The molecule has 16 heteroatoms. The second-order valence-electron chi connectivity index (χ2n) is 14.4. The van der Waals surface area contributed by atoms with E-state index >= 15 is 0 Å². The van der Waals surface area contributed by atoms with E-state index in [9.17, 15) is 28.2 Å². The lowest BCUT2D eigenvalue weighted by Crippen LogP contribution is -2.60. The first-order valence-corrected chi connectivity index (χ1v) is 21.7. The standard InChI is InChI=1S/C28H47N3O10SSi2/c1-17-15-31(25(34)30-23(17)33)24-22(40-44(11,12)27(5,6)7)28(19(39-24)16-38-43(9,10)26(2,3)4)21(29)18(42(35,36)41-28)13-14-20(32)37-8/h13,15,19,22,24,29H,14,16H2,1-12H3,(H,30,33,34)/b18-13+,29-21?. The summed E-state index contributed by atoms with van der Waals surface area (Å²) in [6.45, 7) is 21.4. The summed E-state index contributed by atoms with van der Waals surface area (Å²) in [5.74, 6) is -0.704. The van der Waals surface area contributed by atoms with Crippen LogP contribution in [-0.2, 0) is 37.4 Å². The Morgan fingerprint density at radius 1 is 1.11 bits per heavy atom. The van der Waals surface area contributed by atoms with Gasteiger partial charge in [0.2, 0.25) is 0 Å². The van der Waals surface area contributed by atoms with E-state index in [0.717, 1.165) is 10.6 Å². The van der Waals surface area contributed by atoms with Crippen LogP contribution in [0.2, 0.25) is 36.3 Å². The maximum Gasteiger partial charge on any atom is 0.330 e. The molecule has 0 bridgehead atoms. The Balaban J connectivity index is 2.34. The molecule has 4 unspecified atom stereocenters. The number of aryl methyl sites for hydroxylation is 1. The number of carbonyl (C=O) groups is 1. The third kappa shape index (κ3) is 6.52. The molecule has 2 N–H and O–H groups in total. The van der Waals surface area contributed by atoms with Crippen LogP contribution < -0.4 is 11.2 Å². The number of esters is 1. The normalized spacial score (nSPS) is 27.0. The summed E-state index contributed by atoms with van der Waals surface area (Å²) in [7, 11) is -8.70. The number of ether oxygens (including phenoxy) is 2. The number of H-pyrrole nitrogens is 1. The first-order chi connectivity index (χ1) is 19.8. The number of hydrogen-bond donors (Lipinski definition) is 2. The lowest BCUT2D eigenvalue weighted by molar-refractivity contribution is -0.139. The summed E-state index contributed by atoms with van der Waals surface area (Å²) >= 11 is 0. The third-order valence-corrected chi connectivity index (χ3v) is 19.7. The number of aromatic nitrogens is 2. The molecule has 3 rings (SSSR count). The van der Waals surface area contributed by atoms with Crippen molar-refractivity contribution in [2.45, 2.75) is 115 Å². The average Bonchev–Trinajstić information content (AvgIpc) is 3.26. The van der Waals surface area contributed by atoms with E-state index in [4.69, 9.17) is 17.8 Å². The van der Waals surface area contributed by atoms with Gasteiger partial charge >= 0.3 is 11.7 Å². The Morgan fingerprint density at radius 2 is 1.68 bits per heavy atom. The number of nitrogens with zero attached hydrogens (tertiary/aromatic N) is 1. The molecule has 2 fully saturated rings. The van der Waals surface area contributed by atoms with E-state index in [1.165, 1.54) is 20.2 Å². The Hall–Kier alpha value is -2.22. The van der Waals surface area contributed by atoms with Crippen LogP contribution in [0.5, 0.6) is 0 Å². The Kier molecular flexibility index (Phi) is 9.77. The number of nitrogens with one attached hydrogen (secondary N) is 2. The van der Waals surface area contributed by atoms with Gasteiger partial charge in [0.25, 0.3) is 15.7 Å². The van der Waals surface area contributed by atoms with Gasteiger partial charge in [-0.15, -0.1) is 0 Å². The van der Waals surface area contributed by atoms with Crippen molar-refractivity contribution in [2.24, 2.45) is 0 Å². The van der Waals surface area contributed by atoms with Crippen LogP contribution in [0.3, 0.4) is 0 Å². The minimum Gasteiger partial charge on any atom is -0.469 e. The predicted molar refractivity (Wildman–Crippen MR) is 170 cm³/mol. The zero-order chi connectivity index (χ0) is 33.8. The summed E-state index contributed by atoms with van der Waals surface area (Å²) in [5, 5.41) is 8.71. The van der Waals surface area contributed by atoms with Gasteiger partial charge in [-0.1, -0.05) is 47.6 Å². The topological polar surface area (TPSA) is 176 Å². The van der Waals surface area contributed by atoms with Gasteiger partial charge in [-0.05, 0) is 43.2 Å². The molecule has 13 nitrogen and oxygen atoms in total. The minimum atomic E-state index is -4.61. The highest BCUT2D eigenvalue weighted by atomic mass is 32.2. The van der Waals surface area contributed by atoms with Crippen molar-refractivity contribution in [3.63, 3.8) is 0 Å². The van der Waals surface area contributed by atoms with E-state index in [-0.39, 0.29) is 22.2 Å². The van der Waals surface area contributed by atoms with Gasteiger partial charge in [0.1, 0.15) is 17.1 Å². The second-order valence-corrected chi connectivity index (χ2v) is 25.5. The number of methoxy groups -OCH3 is 1. The summed E-state index contributed by atoms with van der Waals surface area (Å²) in [6, 6.07) is 0. The fraction of sp³-hybridized carbons (Fsp3) is 0.714. The molecular weight excluding hydrogens is 627 g/mol. The van der Waals surface area contributed by atoms with Crippen molar-refractivity contribution in [1.29, 1.82) is 5.41 Å². The van der Waals surface area contributed by atoms with Gasteiger partial charge in [-0.2, -0.15) is 8.42 Å². The molecule has 1 aromatic heterocycles. The second kappa shape index (κ2) is 11.9. The highest BCUT2D eigenvalue weighted by molar-refractivity contribution is 7.92. The Bertz CT molecular complexity index is 1570. The monoisotopic (exact) mass is 673 g/mol. The number of hydrogen-bond acceptors (Lipinski definition) is 11. The smallest absolute Gasteiger partial charge is 0.330 e. The molecule has 2 aliphatic heterocycles.